The number of amides is 2. The molecule has 4 aromatic carbocycles. The summed E-state index contributed by atoms with van der Waals surface area (Å²) < 4.78 is 0. The quantitative estimate of drug-likeness (QED) is 0.194. The minimum absolute atomic E-state index is 0. The summed E-state index contributed by atoms with van der Waals surface area (Å²) in [6, 6.07) is 39.5. The number of carbonyl (C=O) groups is 2. The normalized spacial score (nSPS) is 12.9. The maximum absolute atomic E-state index is 12.8. The molecule has 0 N–H and O–H groups in total. The second kappa shape index (κ2) is 11.1. The van der Waals surface area contributed by atoms with Crippen LogP contribution in [0.25, 0.3) is 0 Å². The molecule has 4 aromatic rings. The van der Waals surface area contributed by atoms with Crippen LogP contribution in [-0.4, -0.2) is 29.4 Å². The van der Waals surface area contributed by atoms with Crippen LogP contribution in [0.5, 0.6) is 0 Å². The molecule has 0 fully saturated rings. The Labute approximate surface area is 217 Å². The van der Waals surface area contributed by atoms with E-state index in [0.29, 0.717) is 17.7 Å². The molecule has 35 heavy (non-hydrogen) atoms. The highest BCUT2D eigenvalue weighted by Gasteiger charge is 2.44. The van der Waals surface area contributed by atoms with Crippen LogP contribution >= 0.6 is 7.26 Å². The first kappa shape index (κ1) is 25.0. The topological polar surface area (TPSA) is 37.4 Å². The SMILES string of the molecule is O=C1c2ccccc2C(=O)N1CCCC[P+](c1ccccc1)(c1ccccc1)c1ccccc1.[Br-]. The van der Waals surface area contributed by atoms with Gasteiger partial charge in [-0.05, 0) is 61.4 Å². The minimum Gasteiger partial charge on any atom is -1.00 e. The van der Waals surface area contributed by atoms with Crippen LogP contribution < -0.4 is 32.9 Å². The molecule has 0 saturated carbocycles. The Balaban J connectivity index is 0.00000289. The number of carbonyl (C=O) groups excluding carboxylic acids is 2. The Morgan fingerprint density at radius 3 is 1.29 bits per heavy atom. The molecule has 0 atom stereocenters. The summed E-state index contributed by atoms with van der Waals surface area (Å²) in [6.45, 7) is 0.449. The van der Waals surface area contributed by atoms with E-state index in [4.69, 9.17) is 0 Å². The first-order valence-corrected chi connectivity index (χ1v) is 13.7. The van der Waals surface area contributed by atoms with E-state index in [0.717, 1.165) is 19.0 Å². The Morgan fingerprint density at radius 1 is 0.514 bits per heavy atom. The van der Waals surface area contributed by atoms with Crippen LogP contribution in [0.1, 0.15) is 33.6 Å². The van der Waals surface area contributed by atoms with Crippen molar-refractivity contribution in [2.45, 2.75) is 12.8 Å². The van der Waals surface area contributed by atoms with Crippen molar-refractivity contribution >= 4 is 35.0 Å². The van der Waals surface area contributed by atoms with Gasteiger partial charge in [-0.15, -0.1) is 0 Å². The summed E-state index contributed by atoms with van der Waals surface area (Å²) in [5.41, 5.74) is 1.04. The maximum atomic E-state index is 12.8. The molecular formula is C30H27BrNO2P. The van der Waals surface area contributed by atoms with Gasteiger partial charge in [0, 0.05) is 6.54 Å². The Kier molecular flexibility index (Phi) is 7.95. The summed E-state index contributed by atoms with van der Waals surface area (Å²) in [6.07, 6.45) is 2.67. The lowest BCUT2D eigenvalue weighted by atomic mass is 10.1. The van der Waals surface area contributed by atoms with Crippen LogP contribution in [-0.2, 0) is 0 Å². The van der Waals surface area contributed by atoms with E-state index in [1.165, 1.54) is 20.8 Å². The van der Waals surface area contributed by atoms with Crippen molar-refractivity contribution in [3.05, 3.63) is 126 Å². The summed E-state index contributed by atoms with van der Waals surface area (Å²) in [5.74, 6) is -0.341. The molecule has 0 aromatic heterocycles. The van der Waals surface area contributed by atoms with E-state index in [2.05, 4.69) is 91.0 Å². The molecule has 2 amide bonds. The van der Waals surface area contributed by atoms with Crippen molar-refractivity contribution in [1.29, 1.82) is 0 Å². The predicted octanol–water partition coefficient (Wildman–Crippen LogP) is 2.06. The number of imide groups is 1. The number of unbranched alkanes of at least 4 members (excludes halogenated alkanes) is 1. The Morgan fingerprint density at radius 2 is 0.886 bits per heavy atom. The summed E-state index contributed by atoms with van der Waals surface area (Å²) in [7, 11) is -1.89. The standard InChI is InChI=1S/C30H27NO2P.BrH/c32-29-27-20-10-11-21-28(27)30(33)31(29)22-12-13-23-34(24-14-4-1-5-15-24,25-16-6-2-7-17-25)26-18-8-3-9-19-26;/h1-11,14-21H,12-13,22-23H2;1H/q+1;/p-1. The number of rotatable bonds is 8. The van der Waals surface area contributed by atoms with E-state index < -0.39 is 7.26 Å². The molecule has 0 unspecified atom stereocenters. The smallest absolute Gasteiger partial charge is 0.261 e. The van der Waals surface area contributed by atoms with Gasteiger partial charge in [-0.2, -0.15) is 0 Å². The monoisotopic (exact) mass is 543 g/mol. The van der Waals surface area contributed by atoms with Gasteiger partial charge < -0.3 is 17.0 Å². The number of fused-ring (bicyclic) bond motifs is 1. The second-order valence-corrected chi connectivity index (χ2v) is 12.2. The van der Waals surface area contributed by atoms with E-state index in [-0.39, 0.29) is 28.8 Å². The molecule has 0 bridgehead atoms. The Bertz CT molecular complexity index is 1160. The van der Waals surface area contributed by atoms with E-state index >= 15 is 0 Å². The molecule has 5 heteroatoms. The average Bonchev–Trinajstić information content (AvgIpc) is 3.15. The highest BCUT2D eigenvalue weighted by molar-refractivity contribution is 7.95. The molecule has 0 spiro atoms. The fourth-order valence-electron chi connectivity index (χ4n) is 4.94. The predicted molar refractivity (Wildman–Crippen MR) is 141 cm³/mol. The van der Waals surface area contributed by atoms with Crippen LogP contribution in [0.2, 0.25) is 0 Å². The van der Waals surface area contributed by atoms with Crippen LogP contribution in [0.3, 0.4) is 0 Å². The van der Waals surface area contributed by atoms with E-state index in [9.17, 15) is 9.59 Å². The van der Waals surface area contributed by atoms with Gasteiger partial charge in [0.1, 0.15) is 23.2 Å². The van der Waals surface area contributed by atoms with Crippen molar-refractivity contribution < 1.29 is 26.6 Å². The number of hydrogen-bond acceptors (Lipinski definition) is 2. The molecule has 0 aliphatic carbocycles. The van der Waals surface area contributed by atoms with Gasteiger partial charge in [0.15, 0.2) is 0 Å². The van der Waals surface area contributed by atoms with Crippen molar-refractivity contribution in [3.63, 3.8) is 0 Å². The van der Waals surface area contributed by atoms with Crippen LogP contribution in [0.15, 0.2) is 115 Å². The fraction of sp³-hybridized carbons (Fsp3) is 0.133. The number of benzene rings is 4. The van der Waals surface area contributed by atoms with Crippen LogP contribution in [0.4, 0.5) is 0 Å². The summed E-state index contributed by atoms with van der Waals surface area (Å²) in [5, 5.41) is 4.06. The zero-order chi connectivity index (χ0) is 23.4. The molecule has 0 radical (unpaired) electrons. The molecule has 5 rings (SSSR count). The average molecular weight is 544 g/mol. The summed E-state index contributed by atoms with van der Waals surface area (Å²) >= 11 is 0. The molecular weight excluding hydrogens is 517 g/mol. The highest BCUT2D eigenvalue weighted by Crippen LogP contribution is 2.55. The summed E-state index contributed by atoms with van der Waals surface area (Å²) in [4.78, 5) is 27.0. The van der Waals surface area contributed by atoms with Gasteiger partial charge in [0.2, 0.25) is 0 Å². The molecule has 1 heterocycles. The van der Waals surface area contributed by atoms with Gasteiger partial charge in [-0.3, -0.25) is 14.5 Å². The third-order valence-electron chi connectivity index (χ3n) is 6.59. The van der Waals surface area contributed by atoms with E-state index in [1.807, 2.05) is 12.1 Å². The zero-order valence-electron chi connectivity index (χ0n) is 19.4. The van der Waals surface area contributed by atoms with Gasteiger partial charge in [-0.25, -0.2) is 0 Å². The molecule has 1 aliphatic rings. The van der Waals surface area contributed by atoms with Crippen molar-refractivity contribution in [1.82, 2.24) is 4.90 Å². The second-order valence-electron chi connectivity index (χ2n) is 8.55. The van der Waals surface area contributed by atoms with Gasteiger partial charge in [-0.1, -0.05) is 66.7 Å². The molecule has 176 valence electrons. The third kappa shape index (κ3) is 4.74. The first-order valence-electron chi connectivity index (χ1n) is 11.7. The lowest BCUT2D eigenvalue weighted by Gasteiger charge is -2.28. The lowest BCUT2D eigenvalue weighted by Crippen LogP contribution is -3.00. The van der Waals surface area contributed by atoms with Crippen molar-refractivity contribution in [2.75, 3.05) is 12.7 Å². The highest BCUT2D eigenvalue weighted by atomic mass is 79.9. The molecule has 0 saturated heterocycles. The van der Waals surface area contributed by atoms with Gasteiger partial charge in [0.25, 0.3) is 11.8 Å². The number of nitrogens with zero attached hydrogens (tertiary/aromatic N) is 1. The lowest BCUT2D eigenvalue weighted by molar-refractivity contribution is -0.0000299. The van der Waals surface area contributed by atoms with Crippen molar-refractivity contribution in [2.24, 2.45) is 0 Å². The van der Waals surface area contributed by atoms with Gasteiger partial charge in [0.05, 0.1) is 17.3 Å². The largest absolute Gasteiger partial charge is 1.00 e. The zero-order valence-corrected chi connectivity index (χ0v) is 21.9. The fourth-order valence-corrected chi connectivity index (χ4v) is 9.35. The Hall–Kier alpha value is -3.07. The minimum atomic E-state index is -1.89. The first-order chi connectivity index (χ1) is 16.7. The number of hydrogen-bond donors (Lipinski definition) is 0. The number of halogens is 1. The third-order valence-corrected chi connectivity index (χ3v) is 11.1. The van der Waals surface area contributed by atoms with Crippen molar-refractivity contribution in [3.8, 4) is 0 Å². The van der Waals surface area contributed by atoms with Crippen LogP contribution in [0, 0.1) is 0 Å². The van der Waals surface area contributed by atoms with E-state index in [1.54, 1.807) is 12.1 Å². The van der Waals surface area contributed by atoms with Gasteiger partial charge >= 0.3 is 0 Å². The molecule has 1 aliphatic heterocycles. The molecule has 3 nitrogen and oxygen atoms in total. The maximum Gasteiger partial charge on any atom is 0.261 e.